The zero-order valence-corrected chi connectivity index (χ0v) is 60.3. The number of phenolic OH excluding ortho intramolecular Hbond substituents is 3. The van der Waals surface area contributed by atoms with Crippen LogP contribution in [0.4, 0.5) is 25.8 Å². The number of pyridine rings is 1. The van der Waals surface area contributed by atoms with Crippen molar-refractivity contribution < 1.29 is 87.8 Å². The number of ketones is 1. The van der Waals surface area contributed by atoms with Crippen LogP contribution in [-0.2, 0) is 23.8 Å². The number of nitrogens with one attached hydrogen (secondary N) is 4. The van der Waals surface area contributed by atoms with Crippen LogP contribution in [0, 0.1) is 42.2 Å². The number of carbonyl (C=O) groups excluding carboxylic acids is 3. The number of nitrogens with two attached hydrogens (primary N) is 1. The molecule has 10 rings (SSSR count). The lowest BCUT2D eigenvalue weighted by atomic mass is 9.78. The number of nitrogen functional groups attached to an aromatic ring is 1. The van der Waals surface area contributed by atoms with Crippen LogP contribution in [0.1, 0.15) is 140 Å². The molecule has 29 heteroatoms. The van der Waals surface area contributed by atoms with E-state index in [4.69, 9.17) is 34.9 Å². The van der Waals surface area contributed by atoms with E-state index in [0.29, 0.717) is 26.2 Å². The Balaban J connectivity index is 0.000000277. The number of Topliss-reactive ketones (excluding diaryl/α,β-unsaturated/α-hetero) is 1. The van der Waals surface area contributed by atoms with Gasteiger partial charge in [0, 0.05) is 150 Å². The first-order valence-electron chi connectivity index (χ1n) is 34.6. The van der Waals surface area contributed by atoms with Gasteiger partial charge in [-0.15, -0.1) is 0 Å². The number of fused-ring (bicyclic) bond motifs is 15. The molecule has 2 saturated heterocycles. The van der Waals surface area contributed by atoms with Gasteiger partial charge in [0.05, 0.1) is 82.8 Å². The van der Waals surface area contributed by atoms with E-state index in [0.717, 1.165) is 58.1 Å². The summed E-state index contributed by atoms with van der Waals surface area (Å²) < 4.78 is 55.8. The second-order valence-corrected chi connectivity index (χ2v) is 27.4. The average Bonchev–Trinajstić information content (AvgIpc) is 1.65. The van der Waals surface area contributed by atoms with Crippen LogP contribution < -0.4 is 42.1 Å². The third kappa shape index (κ3) is 18.1. The summed E-state index contributed by atoms with van der Waals surface area (Å²) >= 11 is 0. The number of rotatable bonds is 16. The number of aromatic nitrogens is 1. The first-order valence-corrected chi connectivity index (χ1v) is 34.6. The standard InChI is InChI=1S/C43H58N4O12.C19H22F2N4O3.C10H24N2O2/c1-21-12-11-13-22(2)42(55)45-33-28(20-44-47-17-15-46(9)16-18-47)37(52)30-31(38(33)53)36(51)26(6)40-32(30)41(54)43(8,59-40)57-19-14-29(56-10)23(3)39(58-27(7)48)25(5)35(50)24(4)34(21)49;1-8-5-24(6-9(2)23-8)17-13(20)15(22)12-16(14(17)21)25(10-3-4-10)7-11(18(12)26)19(27)28;1-3-9(7-13)11-5-6-12-10(4-2)8-14/h11-14,19-21,23-25,29,34-35,39,49-53H,15-18H2,1-10H3,(H,45,55);7-10,23H,3-6,22H2,1-2H3,(H,27,28);9-14H,3-8H2,1-2H3/b12-11+,19-14+,22-13-,44-20-;;/t21-,23-,24-,25-,29+,34+,35+,39-,43+;8-,9+;9-,10-/m1.0/s1. The molecule has 1 saturated carbocycles. The number of anilines is 3. The molecule has 14 N–H and O–H groups in total. The minimum Gasteiger partial charge on any atom is -0.507 e. The number of esters is 1. The number of halogens is 2. The van der Waals surface area contributed by atoms with Crippen LogP contribution in [0.2, 0.25) is 0 Å². The number of allylic oxidation sites excluding steroid dienone is 2. The molecule has 13 atom stereocenters. The Morgan fingerprint density at radius 3 is 2.00 bits per heavy atom. The van der Waals surface area contributed by atoms with Crippen LogP contribution >= 0.6 is 0 Å². The Kier molecular flexibility index (Phi) is 27.7. The van der Waals surface area contributed by atoms with E-state index in [9.17, 15) is 54.6 Å². The van der Waals surface area contributed by atoms with Gasteiger partial charge in [-0.3, -0.25) is 24.2 Å². The van der Waals surface area contributed by atoms with Gasteiger partial charge >= 0.3 is 17.7 Å². The van der Waals surface area contributed by atoms with Gasteiger partial charge in [0.1, 0.15) is 34.6 Å². The maximum absolute atomic E-state index is 15.6. The number of likely N-dealkylation sites (N-methyl/N-ethyl adjacent to an activating group) is 1. The largest absolute Gasteiger partial charge is 0.507 e. The highest BCUT2D eigenvalue weighted by atomic mass is 19.1. The number of methoxy groups -OCH3 is 1. The number of hydrogen-bond acceptors (Lipinski definition) is 24. The number of carbonyl (C=O) groups is 4. The van der Waals surface area contributed by atoms with Crippen molar-refractivity contribution in [1.29, 1.82) is 0 Å². The Morgan fingerprint density at radius 2 is 1.46 bits per heavy atom. The lowest BCUT2D eigenvalue weighted by Crippen LogP contribution is -2.54. The molecule has 5 bridgehead atoms. The van der Waals surface area contributed by atoms with E-state index in [-0.39, 0.29) is 99.1 Å². The van der Waals surface area contributed by atoms with Crippen molar-refractivity contribution in [3.8, 4) is 23.0 Å². The maximum atomic E-state index is 15.6. The van der Waals surface area contributed by atoms with Gasteiger partial charge in [0.15, 0.2) is 17.4 Å². The molecule has 5 aliphatic heterocycles. The summed E-state index contributed by atoms with van der Waals surface area (Å²) in [6.07, 6.45) is 9.34. The summed E-state index contributed by atoms with van der Waals surface area (Å²) in [6, 6.07) is 0.297. The summed E-state index contributed by atoms with van der Waals surface area (Å²) in [5.74, 6) is -11.7. The van der Waals surface area contributed by atoms with Crippen LogP contribution in [0.3, 0.4) is 0 Å². The van der Waals surface area contributed by atoms with Gasteiger partial charge in [-0.05, 0) is 66.5 Å². The lowest BCUT2D eigenvalue weighted by molar-refractivity contribution is -0.160. The molecule has 1 aliphatic carbocycles. The minimum absolute atomic E-state index is 0.0134. The van der Waals surface area contributed by atoms with Crippen LogP contribution in [-0.4, -0.2) is 219 Å². The molecule has 0 radical (unpaired) electrons. The molecule has 1 aromatic heterocycles. The van der Waals surface area contributed by atoms with E-state index in [2.05, 4.69) is 31.3 Å². The molecule has 558 valence electrons. The zero-order valence-electron chi connectivity index (χ0n) is 60.3. The Labute approximate surface area is 587 Å². The van der Waals surface area contributed by atoms with E-state index in [1.54, 1.807) is 49.8 Å². The summed E-state index contributed by atoms with van der Waals surface area (Å²) in [6.45, 7) is 25.8. The first kappa shape index (κ1) is 80.3. The van der Waals surface area contributed by atoms with Crippen LogP contribution in [0.25, 0.3) is 21.7 Å². The molecule has 4 aromatic rings. The summed E-state index contributed by atoms with van der Waals surface area (Å²) in [5.41, 5.74) is 3.19. The number of aromatic carboxylic acids is 1. The monoisotopic (exact) mass is 1420 g/mol. The number of carboxylic acid groups (broad SMARTS) is 1. The van der Waals surface area contributed by atoms with Crippen molar-refractivity contribution >= 4 is 68.6 Å². The highest BCUT2D eigenvalue weighted by molar-refractivity contribution is 6.24. The summed E-state index contributed by atoms with van der Waals surface area (Å²) in [5, 5.41) is 103. The van der Waals surface area contributed by atoms with Gasteiger partial charge in [-0.25, -0.2) is 13.6 Å². The normalized spacial score (nSPS) is 27.1. The SMILES string of the molecule is CC[C@@H](CO)NCCN[C@@H](CC)CO.CO[C@H]1/C=C/O[C@@]2(C)Oc3c(C)c(O)c4c(O)c(c(/C=N\N5CCN(C)CC5)c(O)c4c3C2=O)NC(=O)/C(C)=C\C=C\[C@@H](C)[C@H](O)[C@@H](C)[C@H](O)[C@@H](C)[C@H](OC(C)=O)[C@@H]1C.C[C@@H]1CN(c2c(F)c(N)c3c(=O)c(C(=O)O)cn(C4CC4)c3c2F)C[C@H](C)N1. The fourth-order valence-electron chi connectivity index (χ4n) is 13.3. The van der Waals surface area contributed by atoms with Gasteiger partial charge in [-0.2, -0.15) is 5.10 Å². The minimum atomic E-state index is -2.04. The van der Waals surface area contributed by atoms with Crippen molar-refractivity contribution in [2.75, 3.05) is 95.7 Å². The van der Waals surface area contributed by atoms with Crippen molar-refractivity contribution in [2.45, 2.75) is 169 Å². The number of aliphatic hydroxyl groups is 4. The van der Waals surface area contributed by atoms with Gasteiger partial charge in [0.25, 0.3) is 11.7 Å². The smallest absolute Gasteiger partial charge is 0.341 e. The number of ether oxygens (including phenoxy) is 4. The number of phenols is 3. The van der Waals surface area contributed by atoms with Gasteiger partial charge < -0.3 is 101 Å². The first-order chi connectivity index (χ1) is 47.7. The fraction of sp³-hybridized carbons (Fsp3) is 0.583. The Hall–Kier alpha value is -8.00. The molecule has 1 amide bonds. The average molecular weight is 1420 g/mol. The second kappa shape index (κ2) is 34.8. The van der Waals surface area contributed by atoms with Crippen molar-refractivity contribution in [2.24, 2.45) is 28.8 Å². The molecule has 6 aliphatic rings. The highest BCUT2D eigenvalue weighted by Gasteiger charge is 2.50. The maximum Gasteiger partial charge on any atom is 0.341 e. The predicted octanol–water partition coefficient (Wildman–Crippen LogP) is 6.12. The molecule has 3 fully saturated rings. The van der Waals surface area contributed by atoms with Gasteiger partial charge in [-0.1, -0.05) is 59.8 Å². The lowest BCUT2D eigenvalue weighted by Gasteiger charge is -2.38. The van der Waals surface area contributed by atoms with Crippen LogP contribution in [0.15, 0.2) is 52.2 Å². The quantitative estimate of drug-likeness (QED) is 0.0150. The number of nitrogens with zero attached hydrogens (tertiary/aromatic N) is 5. The Morgan fingerprint density at radius 1 is 0.851 bits per heavy atom. The van der Waals surface area contributed by atoms with E-state index in [1.807, 2.05) is 34.7 Å². The number of aliphatic hydroxyl groups excluding tert-OH is 4. The molecule has 3 aromatic carbocycles. The second-order valence-electron chi connectivity index (χ2n) is 27.4. The summed E-state index contributed by atoms with van der Waals surface area (Å²) in [4.78, 5) is 68.3. The van der Waals surface area contributed by atoms with Crippen molar-refractivity contribution in [3.05, 3.63) is 86.4 Å². The third-order valence-electron chi connectivity index (χ3n) is 19.7. The molecule has 27 nitrogen and oxygen atoms in total. The number of hydrogen-bond donors (Lipinski definition) is 13. The Bertz CT molecular complexity index is 3810. The molecule has 101 heavy (non-hydrogen) atoms. The van der Waals surface area contributed by atoms with Gasteiger partial charge in [0.2, 0.25) is 5.43 Å². The third-order valence-corrected chi connectivity index (χ3v) is 19.7. The molecule has 0 unspecified atom stereocenters. The molecule has 6 heterocycles. The number of carboxylic acids is 1. The van der Waals surface area contributed by atoms with E-state index < -0.39 is 128 Å². The van der Waals surface area contributed by atoms with Crippen molar-refractivity contribution in [1.82, 2.24) is 30.4 Å². The van der Waals surface area contributed by atoms with E-state index >= 15 is 8.78 Å². The van der Waals surface area contributed by atoms with Crippen molar-refractivity contribution in [3.63, 3.8) is 0 Å². The molecular formula is C72H104F2N10O17. The number of piperazine rings is 2. The van der Waals surface area contributed by atoms with Crippen LogP contribution in [0.5, 0.6) is 23.0 Å². The summed E-state index contributed by atoms with van der Waals surface area (Å²) in [7, 11) is 3.42. The number of amides is 1. The van der Waals surface area contributed by atoms with E-state index in [1.165, 1.54) is 64.0 Å². The number of aromatic hydroxyl groups is 3. The topological polar surface area (TPSA) is 385 Å². The predicted molar refractivity (Wildman–Crippen MR) is 381 cm³/mol. The molecular weight excluding hydrogens is 1310 g/mol. The number of benzene rings is 3. The highest BCUT2D eigenvalue weighted by Crippen LogP contribution is 2.55. The number of hydrazone groups is 1. The molecule has 0 spiro atoms. The zero-order chi connectivity index (χ0) is 74.8. The fourth-order valence-corrected chi connectivity index (χ4v) is 13.3.